The van der Waals surface area contributed by atoms with Crippen LogP contribution < -0.4 is 39.4 Å². The number of carboxylic acids is 1. The first-order valence-electron chi connectivity index (χ1n) is 3.32. The maximum Gasteiger partial charge on any atom is 1.00 e. The van der Waals surface area contributed by atoms with Crippen LogP contribution in [0, 0.1) is 0 Å². The third-order valence-corrected chi connectivity index (χ3v) is 1.30. The number of carbonyl (C=O) groups is 2. The van der Waals surface area contributed by atoms with Crippen LogP contribution in [0.15, 0.2) is 24.3 Å². The van der Waals surface area contributed by atoms with Crippen LogP contribution in [0.5, 0.6) is 5.75 Å². The van der Waals surface area contributed by atoms with Crippen LogP contribution in [0.3, 0.4) is 0 Å². The Balaban J connectivity index is 0.00000169. The summed E-state index contributed by atoms with van der Waals surface area (Å²) in [5.74, 6) is -1.05. The summed E-state index contributed by atoms with van der Waals surface area (Å²) >= 11 is 0. The van der Waals surface area contributed by atoms with Crippen LogP contribution in [0.2, 0.25) is 0 Å². The van der Waals surface area contributed by atoms with E-state index in [1.165, 1.54) is 24.3 Å². The number of benzene rings is 1. The molecule has 0 unspecified atom stereocenters. The van der Waals surface area contributed by atoms with Crippen LogP contribution in [0.1, 0.15) is 10.4 Å². The molecule has 0 radical (unpaired) electrons. The normalized spacial score (nSPS) is 8.57. The summed E-state index contributed by atoms with van der Waals surface area (Å²) in [6.07, 6.45) is -1.68. The number of hydrogen-bond acceptors (Lipinski definition) is 4. The zero-order chi connectivity index (χ0) is 9.84. The van der Waals surface area contributed by atoms with Gasteiger partial charge in [-0.25, -0.2) is 4.79 Å². The fourth-order valence-electron chi connectivity index (χ4n) is 0.762. The van der Waals surface area contributed by atoms with Crippen LogP contribution in [0.25, 0.3) is 0 Å². The minimum Gasteiger partial charge on any atom is -0.514 e. The van der Waals surface area contributed by atoms with Crippen LogP contribution in [-0.4, -0.2) is 17.2 Å². The summed E-state index contributed by atoms with van der Waals surface area (Å²) in [6, 6.07) is 4.94. The second-order valence-corrected chi connectivity index (χ2v) is 2.18. The summed E-state index contributed by atoms with van der Waals surface area (Å²) < 4.78 is 4.16. The smallest absolute Gasteiger partial charge is 0.514 e. The quantitative estimate of drug-likeness (QED) is 0.317. The van der Waals surface area contributed by atoms with Crippen molar-refractivity contribution >= 4 is 12.1 Å². The van der Waals surface area contributed by atoms with Crippen molar-refractivity contribution in [3.05, 3.63) is 29.8 Å². The Bertz CT molecular complexity index is 332. The zero-order valence-corrected chi connectivity index (χ0v) is 9.39. The van der Waals surface area contributed by atoms with E-state index in [-0.39, 0.29) is 40.9 Å². The molecule has 0 saturated heterocycles. The molecule has 0 aromatic heterocycles. The van der Waals surface area contributed by atoms with Gasteiger partial charge in [0, 0.05) is 0 Å². The van der Waals surface area contributed by atoms with Crippen molar-refractivity contribution in [2.45, 2.75) is 0 Å². The van der Waals surface area contributed by atoms with Crippen LogP contribution in [-0.2, 0) is 0 Å². The Hall–Kier alpha value is -1.04. The van der Waals surface area contributed by atoms with Crippen molar-refractivity contribution in [2.24, 2.45) is 0 Å². The third kappa shape index (κ3) is 3.78. The molecular formula is C8H5NaO5. The van der Waals surface area contributed by atoms with E-state index >= 15 is 0 Å². The van der Waals surface area contributed by atoms with Gasteiger partial charge in [0.1, 0.15) is 0 Å². The van der Waals surface area contributed by atoms with Gasteiger partial charge in [0.2, 0.25) is 0 Å². The van der Waals surface area contributed by atoms with Gasteiger partial charge in [0.25, 0.3) is 6.16 Å². The van der Waals surface area contributed by atoms with Crippen LogP contribution in [0.4, 0.5) is 4.79 Å². The van der Waals surface area contributed by atoms with Crippen molar-refractivity contribution in [3.8, 4) is 5.75 Å². The predicted molar refractivity (Wildman–Crippen MR) is 39.4 cm³/mol. The molecule has 0 aliphatic heterocycles. The van der Waals surface area contributed by atoms with E-state index in [2.05, 4.69) is 4.74 Å². The molecule has 1 rings (SSSR count). The summed E-state index contributed by atoms with van der Waals surface area (Å²) in [7, 11) is 0. The monoisotopic (exact) mass is 204 g/mol. The molecule has 1 N–H and O–H groups in total. The van der Waals surface area contributed by atoms with E-state index in [0.29, 0.717) is 0 Å². The zero-order valence-electron chi connectivity index (χ0n) is 7.39. The molecule has 0 heterocycles. The Labute approximate surface area is 102 Å². The molecular weight excluding hydrogens is 199 g/mol. The van der Waals surface area contributed by atoms with Gasteiger partial charge < -0.3 is 19.7 Å². The fourth-order valence-corrected chi connectivity index (χ4v) is 0.762. The molecule has 1 aromatic rings. The number of ether oxygens (including phenoxy) is 1. The molecule has 68 valence electrons. The summed E-state index contributed by atoms with van der Waals surface area (Å²) in [4.78, 5) is 20.3. The van der Waals surface area contributed by atoms with Gasteiger partial charge in [-0.1, -0.05) is 0 Å². The molecule has 6 heteroatoms. The number of carbonyl (C=O) groups excluding carboxylic acids is 1. The average molecular weight is 204 g/mol. The van der Waals surface area contributed by atoms with Crippen molar-refractivity contribution in [1.29, 1.82) is 0 Å². The molecule has 0 atom stereocenters. The van der Waals surface area contributed by atoms with Crippen molar-refractivity contribution in [1.82, 2.24) is 0 Å². The molecule has 0 amide bonds. The molecule has 14 heavy (non-hydrogen) atoms. The first-order chi connectivity index (χ1) is 6.09. The Kier molecular flexibility index (Phi) is 5.22. The second kappa shape index (κ2) is 5.64. The standard InChI is InChI=1S/C8H6O5.Na/c9-7(10)5-1-3-6(4-2-5)13-8(11)12;/h1-4H,(H,9,10)(H,11,12);/q;+1/p-1. The second-order valence-electron chi connectivity index (χ2n) is 2.18. The number of aromatic carboxylic acids is 1. The third-order valence-electron chi connectivity index (χ3n) is 1.30. The number of carboxylic acid groups (broad SMARTS) is 2. The van der Waals surface area contributed by atoms with Gasteiger partial charge in [-0.3, -0.25) is 0 Å². The van der Waals surface area contributed by atoms with Crippen molar-refractivity contribution < 1.29 is 54.1 Å². The van der Waals surface area contributed by atoms with Gasteiger partial charge in [-0.2, -0.15) is 0 Å². The summed E-state index contributed by atoms with van der Waals surface area (Å²) in [5.41, 5.74) is 0.0608. The molecule has 5 nitrogen and oxygen atoms in total. The first kappa shape index (κ1) is 13.0. The average Bonchev–Trinajstić information content (AvgIpc) is 2.04. The molecule has 0 saturated carbocycles. The van der Waals surface area contributed by atoms with Gasteiger partial charge in [0.05, 0.1) is 11.3 Å². The van der Waals surface area contributed by atoms with E-state index in [0.717, 1.165) is 0 Å². The predicted octanol–water partition coefficient (Wildman–Crippen LogP) is -2.89. The SMILES string of the molecule is O=C([O-])Oc1ccc(C(=O)O)cc1.[Na+]. The van der Waals surface area contributed by atoms with E-state index in [1.807, 2.05) is 0 Å². The molecule has 0 fully saturated rings. The van der Waals surface area contributed by atoms with Gasteiger partial charge >= 0.3 is 35.5 Å². The van der Waals surface area contributed by atoms with Crippen molar-refractivity contribution in [2.75, 3.05) is 0 Å². The first-order valence-corrected chi connectivity index (χ1v) is 3.32. The number of hydrogen-bond donors (Lipinski definition) is 1. The summed E-state index contributed by atoms with van der Waals surface area (Å²) in [6.45, 7) is 0. The molecule has 0 aliphatic carbocycles. The largest absolute Gasteiger partial charge is 1.00 e. The maximum absolute atomic E-state index is 10.4. The summed E-state index contributed by atoms with van der Waals surface area (Å²) in [5, 5.41) is 18.4. The Morgan fingerprint density at radius 3 is 2.07 bits per heavy atom. The fraction of sp³-hybridized carbons (Fsp3) is 0. The van der Waals surface area contributed by atoms with E-state index in [9.17, 15) is 14.7 Å². The molecule has 1 aromatic carbocycles. The minimum atomic E-state index is -1.68. The van der Waals surface area contributed by atoms with Gasteiger partial charge in [0.15, 0.2) is 0 Å². The molecule has 0 spiro atoms. The number of rotatable bonds is 2. The van der Waals surface area contributed by atoms with Gasteiger partial charge in [-0.15, -0.1) is 0 Å². The molecule has 0 bridgehead atoms. The van der Waals surface area contributed by atoms with E-state index < -0.39 is 12.1 Å². The minimum absolute atomic E-state index is 0. The topological polar surface area (TPSA) is 86.7 Å². The van der Waals surface area contributed by atoms with E-state index in [4.69, 9.17) is 5.11 Å². The Morgan fingerprint density at radius 2 is 1.71 bits per heavy atom. The Morgan fingerprint density at radius 1 is 1.21 bits per heavy atom. The maximum atomic E-state index is 10.4. The van der Waals surface area contributed by atoms with Crippen molar-refractivity contribution in [3.63, 3.8) is 0 Å². The van der Waals surface area contributed by atoms with Crippen LogP contribution >= 0.6 is 0 Å². The van der Waals surface area contributed by atoms with E-state index in [1.54, 1.807) is 0 Å². The molecule has 0 aliphatic rings. The van der Waals surface area contributed by atoms with Gasteiger partial charge in [-0.05, 0) is 24.3 Å².